The van der Waals surface area contributed by atoms with Crippen LogP contribution in [0.3, 0.4) is 0 Å². The molecule has 0 aromatic carbocycles. The average Bonchev–Trinajstić information content (AvgIpc) is 2.08. The Morgan fingerprint density at radius 2 is 2.22 bits per heavy atom. The molecule has 1 aliphatic rings. The van der Waals surface area contributed by atoms with Crippen LogP contribution in [-0.4, -0.2) is 18.8 Å². The zero-order valence-electron chi connectivity index (χ0n) is 4.40. The third kappa shape index (κ3) is 1.56. The van der Waals surface area contributed by atoms with Crippen LogP contribution in [0.25, 0.3) is 0 Å². The zero-order valence-corrected chi connectivity index (χ0v) is 4.40. The highest BCUT2D eigenvalue weighted by molar-refractivity contribution is 4.77. The van der Waals surface area contributed by atoms with Crippen molar-refractivity contribution in [1.29, 1.82) is 0 Å². The number of hydrogen-bond acceptors (Lipinski definition) is 2. The van der Waals surface area contributed by atoms with E-state index in [-0.39, 0.29) is 6.54 Å². The van der Waals surface area contributed by atoms with Gasteiger partial charge in [-0.1, -0.05) is 0 Å². The summed E-state index contributed by atoms with van der Waals surface area (Å²) >= 11 is 0. The lowest BCUT2D eigenvalue weighted by atomic mass is 10.4. The van der Waals surface area contributed by atoms with E-state index in [9.17, 15) is 13.2 Å². The number of ether oxygens (including phenoxy) is 1. The Labute approximate surface area is 50.0 Å². The van der Waals surface area contributed by atoms with Crippen LogP contribution < -0.4 is 5.32 Å². The SMILES string of the molecule is FC(F)(F)C1CN[CH]O1. The number of rotatable bonds is 0. The van der Waals surface area contributed by atoms with E-state index in [0.29, 0.717) is 0 Å². The van der Waals surface area contributed by atoms with Gasteiger partial charge in [-0.05, 0) is 0 Å². The molecule has 0 amide bonds. The van der Waals surface area contributed by atoms with Crippen molar-refractivity contribution in [3.05, 3.63) is 6.73 Å². The van der Waals surface area contributed by atoms with E-state index in [1.807, 2.05) is 0 Å². The molecule has 0 aromatic rings. The van der Waals surface area contributed by atoms with Gasteiger partial charge in [-0.2, -0.15) is 13.2 Å². The molecule has 1 radical (unpaired) electrons. The average molecular weight is 140 g/mol. The smallest absolute Gasteiger partial charge is 0.345 e. The summed E-state index contributed by atoms with van der Waals surface area (Å²) in [4.78, 5) is 0. The highest BCUT2D eigenvalue weighted by Gasteiger charge is 2.42. The fourth-order valence-corrected chi connectivity index (χ4v) is 0.526. The van der Waals surface area contributed by atoms with Gasteiger partial charge in [0.2, 0.25) is 0 Å². The largest absolute Gasteiger partial charge is 0.415 e. The van der Waals surface area contributed by atoms with Gasteiger partial charge in [-0.25, -0.2) is 0 Å². The molecule has 1 heterocycles. The summed E-state index contributed by atoms with van der Waals surface area (Å²) in [5, 5.41) is 2.31. The van der Waals surface area contributed by atoms with Gasteiger partial charge in [0.25, 0.3) is 0 Å². The Hall–Kier alpha value is -0.290. The van der Waals surface area contributed by atoms with E-state index in [0.717, 1.165) is 6.73 Å². The first-order chi connectivity index (χ1) is 4.11. The molecule has 53 valence electrons. The van der Waals surface area contributed by atoms with Crippen molar-refractivity contribution in [2.24, 2.45) is 0 Å². The molecule has 0 aliphatic carbocycles. The van der Waals surface area contributed by atoms with Crippen molar-refractivity contribution in [3.8, 4) is 0 Å². The summed E-state index contributed by atoms with van der Waals surface area (Å²) in [6.45, 7) is 0.779. The van der Waals surface area contributed by atoms with Crippen LogP contribution in [0.4, 0.5) is 13.2 Å². The fourth-order valence-electron chi connectivity index (χ4n) is 0.526. The molecular formula is C4H5F3NO. The second-order valence-electron chi connectivity index (χ2n) is 1.69. The highest BCUT2D eigenvalue weighted by atomic mass is 19.4. The Morgan fingerprint density at radius 1 is 1.56 bits per heavy atom. The Bertz CT molecular complexity index is 96.5. The number of hydrogen-bond donors (Lipinski definition) is 1. The van der Waals surface area contributed by atoms with Crippen molar-refractivity contribution in [3.63, 3.8) is 0 Å². The van der Waals surface area contributed by atoms with Crippen LogP contribution >= 0.6 is 0 Å². The van der Waals surface area contributed by atoms with Crippen LogP contribution in [0.2, 0.25) is 0 Å². The number of alkyl halides is 3. The molecule has 1 rings (SSSR count). The van der Waals surface area contributed by atoms with E-state index in [1.54, 1.807) is 0 Å². The summed E-state index contributed by atoms with van der Waals surface area (Å²) in [7, 11) is 0. The quantitative estimate of drug-likeness (QED) is 0.533. The molecule has 1 aliphatic heterocycles. The molecule has 1 atom stereocenters. The topological polar surface area (TPSA) is 21.3 Å². The molecule has 0 bridgehead atoms. The Kier molecular flexibility index (Phi) is 1.63. The first-order valence-electron chi connectivity index (χ1n) is 2.38. The van der Waals surface area contributed by atoms with Gasteiger partial charge in [-0.3, -0.25) is 5.32 Å². The lowest BCUT2D eigenvalue weighted by molar-refractivity contribution is -0.197. The summed E-state index contributed by atoms with van der Waals surface area (Å²) in [6, 6.07) is 0. The Morgan fingerprint density at radius 3 is 2.44 bits per heavy atom. The van der Waals surface area contributed by atoms with Gasteiger partial charge in [-0.15, -0.1) is 0 Å². The van der Waals surface area contributed by atoms with Gasteiger partial charge < -0.3 is 4.74 Å². The van der Waals surface area contributed by atoms with Crippen LogP contribution in [0.15, 0.2) is 0 Å². The maximum absolute atomic E-state index is 11.6. The minimum atomic E-state index is -4.24. The van der Waals surface area contributed by atoms with Crippen molar-refractivity contribution < 1.29 is 17.9 Å². The zero-order chi connectivity index (χ0) is 6.91. The standard InChI is InChI=1S/C4H5F3NO/c5-4(6,7)3-1-8-2-9-3/h2-3,8H,1H2. The van der Waals surface area contributed by atoms with Gasteiger partial charge in [0.05, 0.1) is 0 Å². The third-order valence-electron chi connectivity index (χ3n) is 0.984. The molecule has 1 fully saturated rings. The number of nitrogens with one attached hydrogen (secondary N) is 1. The second kappa shape index (κ2) is 2.15. The van der Waals surface area contributed by atoms with E-state index in [4.69, 9.17) is 0 Å². The molecule has 0 saturated carbocycles. The van der Waals surface area contributed by atoms with Gasteiger partial charge >= 0.3 is 6.18 Å². The first-order valence-corrected chi connectivity index (χ1v) is 2.38. The molecule has 9 heavy (non-hydrogen) atoms. The van der Waals surface area contributed by atoms with Crippen molar-refractivity contribution >= 4 is 0 Å². The van der Waals surface area contributed by atoms with Gasteiger partial charge in [0.1, 0.15) is 6.73 Å². The summed E-state index contributed by atoms with van der Waals surface area (Å²) < 4.78 is 38.9. The first kappa shape index (κ1) is 6.82. The number of halogens is 3. The highest BCUT2D eigenvalue weighted by Crippen LogP contribution is 2.24. The molecule has 0 spiro atoms. The molecule has 1 unspecified atom stereocenters. The maximum Gasteiger partial charge on any atom is 0.415 e. The van der Waals surface area contributed by atoms with Crippen LogP contribution in [0.5, 0.6) is 0 Å². The van der Waals surface area contributed by atoms with E-state index in [2.05, 4.69) is 10.1 Å². The monoisotopic (exact) mass is 140 g/mol. The summed E-state index contributed by atoms with van der Waals surface area (Å²) in [5.74, 6) is 0. The van der Waals surface area contributed by atoms with Crippen molar-refractivity contribution in [2.75, 3.05) is 6.54 Å². The predicted octanol–water partition coefficient (Wildman–Crippen LogP) is 0.656. The minimum Gasteiger partial charge on any atom is -0.345 e. The Balaban J connectivity index is 2.42. The molecule has 1 N–H and O–H groups in total. The van der Waals surface area contributed by atoms with E-state index in [1.165, 1.54) is 0 Å². The molecular weight excluding hydrogens is 135 g/mol. The van der Waals surface area contributed by atoms with E-state index >= 15 is 0 Å². The summed E-state index contributed by atoms with van der Waals surface area (Å²) in [5.41, 5.74) is 0. The minimum absolute atomic E-state index is 0.177. The second-order valence-corrected chi connectivity index (χ2v) is 1.69. The predicted molar refractivity (Wildman–Crippen MR) is 23.2 cm³/mol. The molecule has 1 saturated heterocycles. The van der Waals surface area contributed by atoms with Crippen molar-refractivity contribution in [2.45, 2.75) is 12.3 Å². The van der Waals surface area contributed by atoms with Crippen LogP contribution in [-0.2, 0) is 4.74 Å². The third-order valence-corrected chi connectivity index (χ3v) is 0.984. The molecule has 0 aromatic heterocycles. The lowest BCUT2D eigenvalue weighted by Gasteiger charge is -2.11. The van der Waals surface area contributed by atoms with Gasteiger partial charge in [0.15, 0.2) is 6.10 Å². The van der Waals surface area contributed by atoms with Crippen LogP contribution in [0.1, 0.15) is 0 Å². The van der Waals surface area contributed by atoms with Gasteiger partial charge in [0, 0.05) is 6.54 Å². The van der Waals surface area contributed by atoms with Crippen molar-refractivity contribution in [1.82, 2.24) is 5.32 Å². The maximum atomic E-state index is 11.6. The summed E-state index contributed by atoms with van der Waals surface area (Å²) in [6.07, 6.45) is -5.89. The fraction of sp³-hybridized carbons (Fsp3) is 0.750. The molecule has 5 heteroatoms. The lowest BCUT2D eigenvalue weighted by Crippen LogP contribution is -2.31. The normalized spacial score (nSPS) is 29.0. The van der Waals surface area contributed by atoms with Crippen LogP contribution in [0, 0.1) is 6.73 Å². The van der Waals surface area contributed by atoms with E-state index < -0.39 is 12.3 Å². The molecule has 2 nitrogen and oxygen atoms in total.